The van der Waals surface area contributed by atoms with Crippen molar-refractivity contribution in [3.05, 3.63) is 69.5 Å². The van der Waals surface area contributed by atoms with Gasteiger partial charge in [-0.05, 0) is 35.9 Å². The van der Waals surface area contributed by atoms with Crippen LogP contribution in [0.1, 0.15) is 15.9 Å². The number of hydrogen-bond acceptors (Lipinski definition) is 2. The quantitative estimate of drug-likeness (QED) is 0.678. The molecule has 0 unspecified atom stereocenters. The van der Waals surface area contributed by atoms with E-state index in [0.29, 0.717) is 16.1 Å². The van der Waals surface area contributed by atoms with Crippen molar-refractivity contribution in [2.24, 2.45) is 5.10 Å². The molecular weight excluding hydrogens is 302 g/mol. The lowest BCUT2D eigenvalue weighted by atomic mass is 10.2. The first-order chi connectivity index (χ1) is 9.56. The second kappa shape index (κ2) is 6.50. The summed E-state index contributed by atoms with van der Waals surface area (Å²) in [6.45, 7) is 0. The van der Waals surface area contributed by atoms with Gasteiger partial charge in [0.25, 0.3) is 5.91 Å². The van der Waals surface area contributed by atoms with Gasteiger partial charge in [-0.2, -0.15) is 5.10 Å². The molecule has 2 aromatic rings. The van der Waals surface area contributed by atoms with E-state index in [1.807, 2.05) is 0 Å². The average molecular weight is 311 g/mol. The van der Waals surface area contributed by atoms with Crippen LogP contribution >= 0.6 is 23.2 Å². The number of halogens is 3. The molecule has 3 nitrogen and oxygen atoms in total. The molecule has 102 valence electrons. The predicted octanol–water partition coefficient (Wildman–Crippen LogP) is 3.90. The highest BCUT2D eigenvalue weighted by atomic mass is 35.5. The van der Waals surface area contributed by atoms with Gasteiger partial charge in [-0.15, -0.1) is 0 Å². The topological polar surface area (TPSA) is 41.5 Å². The minimum atomic E-state index is -0.434. The molecule has 2 rings (SSSR count). The Balaban J connectivity index is 2.03. The Morgan fingerprint density at radius 2 is 1.95 bits per heavy atom. The molecule has 6 heteroatoms. The second-order valence-corrected chi connectivity index (χ2v) is 4.70. The van der Waals surface area contributed by atoms with Crippen LogP contribution in [0.4, 0.5) is 4.39 Å². The molecule has 2 aromatic carbocycles. The summed E-state index contributed by atoms with van der Waals surface area (Å²) in [5.41, 5.74) is 3.19. The number of amides is 1. The summed E-state index contributed by atoms with van der Waals surface area (Å²) in [5.74, 6) is -0.805. The van der Waals surface area contributed by atoms with Crippen molar-refractivity contribution in [1.29, 1.82) is 0 Å². The van der Waals surface area contributed by atoms with Crippen LogP contribution in [0.3, 0.4) is 0 Å². The van der Waals surface area contributed by atoms with Crippen LogP contribution in [0, 0.1) is 5.82 Å². The Morgan fingerprint density at radius 3 is 2.65 bits per heavy atom. The van der Waals surface area contributed by atoms with Crippen LogP contribution < -0.4 is 5.43 Å². The molecule has 0 atom stereocenters. The van der Waals surface area contributed by atoms with Crippen LogP contribution in [0.25, 0.3) is 0 Å². The molecule has 0 saturated heterocycles. The minimum Gasteiger partial charge on any atom is -0.267 e. The Hall–Kier alpha value is -1.91. The summed E-state index contributed by atoms with van der Waals surface area (Å²) >= 11 is 11.6. The molecule has 0 aliphatic carbocycles. The van der Waals surface area contributed by atoms with E-state index >= 15 is 0 Å². The van der Waals surface area contributed by atoms with Crippen molar-refractivity contribution in [3.63, 3.8) is 0 Å². The van der Waals surface area contributed by atoms with Gasteiger partial charge in [-0.3, -0.25) is 4.79 Å². The van der Waals surface area contributed by atoms with Crippen molar-refractivity contribution in [3.8, 4) is 0 Å². The van der Waals surface area contributed by atoms with Crippen LogP contribution in [-0.2, 0) is 0 Å². The normalized spacial score (nSPS) is 10.8. The van der Waals surface area contributed by atoms with E-state index in [0.717, 1.165) is 0 Å². The van der Waals surface area contributed by atoms with E-state index in [-0.39, 0.29) is 10.8 Å². The van der Waals surface area contributed by atoms with Crippen LogP contribution in [0.15, 0.2) is 47.6 Å². The van der Waals surface area contributed by atoms with Gasteiger partial charge < -0.3 is 0 Å². The van der Waals surface area contributed by atoms with Gasteiger partial charge in [0.1, 0.15) is 5.82 Å². The number of nitrogens with zero attached hydrogens (tertiary/aromatic N) is 1. The van der Waals surface area contributed by atoms with E-state index in [4.69, 9.17) is 23.2 Å². The van der Waals surface area contributed by atoms with E-state index in [9.17, 15) is 9.18 Å². The molecule has 0 heterocycles. The molecule has 20 heavy (non-hydrogen) atoms. The Kier molecular flexibility index (Phi) is 4.71. The fraction of sp³-hybridized carbons (Fsp3) is 0. The van der Waals surface area contributed by atoms with Crippen LogP contribution in [-0.4, -0.2) is 12.1 Å². The van der Waals surface area contributed by atoms with Gasteiger partial charge in [0.15, 0.2) is 0 Å². The first-order valence-electron chi connectivity index (χ1n) is 5.60. The van der Waals surface area contributed by atoms with Gasteiger partial charge in [-0.25, -0.2) is 9.82 Å². The molecule has 1 amide bonds. The van der Waals surface area contributed by atoms with Gasteiger partial charge in [0.05, 0.1) is 16.3 Å². The summed E-state index contributed by atoms with van der Waals surface area (Å²) in [6, 6.07) is 10.3. The standard InChI is InChI=1S/C14H9Cl2FN2O/c15-12-5-4-10(7-13(12)16)14(20)19-18-8-9-2-1-3-11(17)6-9/h1-8H,(H,19,20)/b18-8+. The highest BCUT2D eigenvalue weighted by Gasteiger charge is 2.06. The third-order valence-corrected chi connectivity index (χ3v) is 3.15. The van der Waals surface area contributed by atoms with Crippen molar-refractivity contribution in [2.75, 3.05) is 0 Å². The average Bonchev–Trinajstić information content (AvgIpc) is 2.42. The van der Waals surface area contributed by atoms with Gasteiger partial charge in [0.2, 0.25) is 0 Å². The number of nitrogens with one attached hydrogen (secondary N) is 1. The largest absolute Gasteiger partial charge is 0.271 e. The van der Waals surface area contributed by atoms with E-state index in [1.165, 1.54) is 36.5 Å². The van der Waals surface area contributed by atoms with Gasteiger partial charge >= 0.3 is 0 Å². The summed E-state index contributed by atoms with van der Waals surface area (Å²) in [7, 11) is 0. The third kappa shape index (κ3) is 3.79. The summed E-state index contributed by atoms with van der Waals surface area (Å²) in [4.78, 5) is 11.8. The number of rotatable bonds is 3. The molecule has 1 N–H and O–H groups in total. The van der Waals surface area contributed by atoms with E-state index < -0.39 is 5.91 Å². The van der Waals surface area contributed by atoms with Gasteiger partial charge in [-0.1, -0.05) is 35.3 Å². The maximum atomic E-state index is 12.9. The third-order valence-electron chi connectivity index (χ3n) is 2.41. The maximum absolute atomic E-state index is 12.9. The first kappa shape index (κ1) is 14.5. The maximum Gasteiger partial charge on any atom is 0.271 e. The van der Waals surface area contributed by atoms with E-state index in [1.54, 1.807) is 12.1 Å². The number of carbonyl (C=O) groups is 1. The number of carbonyl (C=O) groups excluding carboxylic acids is 1. The monoisotopic (exact) mass is 310 g/mol. The van der Waals surface area contributed by atoms with Crippen LogP contribution in [0.5, 0.6) is 0 Å². The summed E-state index contributed by atoms with van der Waals surface area (Å²) in [5, 5.41) is 4.40. The number of hydrogen-bond donors (Lipinski definition) is 1. The SMILES string of the molecule is O=C(N/N=C/c1cccc(F)c1)c1ccc(Cl)c(Cl)c1. The molecule has 0 aliphatic rings. The lowest BCUT2D eigenvalue weighted by Gasteiger charge is -2.01. The molecule has 0 fully saturated rings. The van der Waals surface area contributed by atoms with Crippen molar-refractivity contribution in [1.82, 2.24) is 5.43 Å². The van der Waals surface area contributed by atoms with Crippen molar-refractivity contribution >= 4 is 35.3 Å². The molecule has 0 aromatic heterocycles. The zero-order chi connectivity index (χ0) is 14.5. The zero-order valence-corrected chi connectivity index (χ0v) is 11.6. The molecule has 0 aliphatic heterocycles. The highest BCUT2D eigenvalue weighted by Crippen LogP contribution is 2.22. The summed E-state index contributed by atoms with van der Waals surface area (Å²) in [6.07, 6.45) is 1.35. The molecular formula is C14H9Cl2FN2O. The number of hydrazone groups is 1. The lowest BCUT2D eigenvalue weighted by Crippen LogP contribution is -2.17. The smallest absolute Gasteiger partial charge is 0.267 e. The molecule has 0 bridgehead atoms. The Labute approximate surface area is 125 Å². The summed E-state index contributed by atoms with van der Waals surface area (Å²) < 4.78 is 12.9. The van der Waals surface area contributed by atoms with Gasteiger partial charge in [0, 0.05) is 5.56 Å². The van der Waals surface area contributed by atoms with Crippen molar-refractivity contribution < 1.29 is 9.18 Å². The lowest BCUT2D eigenvalue weighted by molar-refractivity contribution is 0.0955. The first-order valence-corrected chi connectivity index (χ1v) is 6.36. The predicted molar refractivity (Wildman–Crippen MR) is 77.9 cm³/mol. The number of benzene rings is 2. The fourth-order valence-corrected chi connectivity index (χ4v) is 1.75. The molecule has 0 saturated carbocycles. The minimum absolute atomic E-state index is 0.286. The Morgan fingerprint density at radius 1 is 1.15 bits per heavy atom. The van der Waals surface area contributed by atoms with Crippen molar-refractivity contribution in [2.45, 2.75) is 0 Å². The Bertz CT molecular complexity index is 674. The zero-order valence-electron chi connectivity index (χ0n) is 10.1. The molecule has 0 spiro atoms. The fourth-order valence-electron chi connectivity index (χ4n) is 1.45. The second-order valence-electron chi connectivity index (χ2n) is 3.88. The highest BCUT2D eigenvalue weighted by molar-refractivity contribution is 6.42. The van der Waals surface area contributed by atoms with E-state index in [2.05, 4.69) is 10.5 Å². The molecule has 0 radical (unpaired) electrons. The van der Waals surface area contributed by atoms with Crippen LogP contribution in [0.2, 0.25) is 10.0 Å².